The van der Waals surface area contributed by atoms with Gasteiger partial charge >= 0.3 is 0 Å². The van der Waals surface area contributed by atoms with Gasteiger partial charge in [-0.15, -0.1) is 0 Å². The number of hydrogen-bond donors (Lipinski definition) is 1. The summed E-state index contributed by atoms with van der Waals surface area (Å²) in [6, 6.07) is 18.4. The number of benzene rings is 2. The van der Waals surface area contributed by atoms with Gasteiger partial charge < -0.3 is 15.2 Å². The second-order valence-electron chi connectivity index (χ2n) is 5.37. The lowest BCUT2D eigenvalue weighted by atomic mass is 10.2. The predicted octanol–water partition coefficient (Wildman–Crippen LogP) is 4.44. The minimum Gasteiger partial charge on any atom is -0.493 e. The second-order valence-corrected chi connectivity index (χ2v) is 5.80. The summed E-state index contributed by atoms with van der Waals surface area (Å²) in [7, 11) is 1.57. The van der Waals surface area contributed by atoms with E-state index in [1.807, 2.05) is 24.3 Å². The molecule has 1 aromatic heterocycles. The van der Waals surface area contributed by atoms with Crippen LogP contribution in [0.25, 0.3) is 0 Å². The van der Waals surface area contributed by atoms with Gasteiger partial charge in [0.05, 0.1) is 19.3 Å². The van der Waals surface area contributed by atoms with E-state index in [-0.39, 0.29) is 0 Å². The first-order valence-corrected chi connectivity index (χ1v) is 7.94. The summed E-state index contributed by atoms with van der Waals surface area (Å²) >= 11 is 5.93. The maximum atomic E-state index is 9.42. The molecule has 0 saturated carbocycles. The van der Waals surface area contributed by atoms with E-state index in [1.54, 1.807) is 42.0 Å². The molecule has 0 atom stereocenters. The Hall–Kier alpha value is -3.10. The van der Waals surface area contributed by atoms with E-state index in [0.717, 1.165) is 5.56 Å². The zero-order chi connectivity index (χ0) is 17.8. The molecule has 0 fully saturated rings. The number of anilines is 1. The van der Waals surface area contributed by atoms with E-state index >= 15 is 0 Å². The number of nitrogen functional groups attached to an aromatic ring is 1. The first-order valence-electron chi connectivity index (χ1n) is 7.56. The van der Waals surface area contributed by atoms with E-state index in [2.05, 4.69) is 6.07 Å². The first-order chi connectivity index (χ1) is 12.1. The van der Waals surface area contributed by atoms with Crippen molar-refractivity contribution in [2.24, 2.45) is 0 Å². The van der Waals surface area contributed by atoms with Gasteiger partial charge in [-0.05, 0) is 29.8 Å². The molecule has 0 spiro atoms. The summed E-state index contributed by atoms with van der Waals surface area (Å²) in [5.41, 5.74) is 7.85. The Morgan fingerprint density at radius 2 is 1.80 bits per heavy atom. The van der Waals surface area contributed by atoms with Crippen LogP contribution in [0, 0.1) is 11.3 Å². The molecule has 0 aliphatic carbocycles. The Morgan fingerprint density at radius 1 is 1.12 bits per heavy atom. The highest BCUT2D eigenvalue weighted by atomic mass is 35.5. The predicted molar refractivity (Wildman–Crippen MR) is 97.2 cm³/mol. The van der Waals surface area contributed by atoms with Gasteiger partial charge in [0.25, 0.3) is 0 Å². The van der Waals surface area contributed by atoms with Crippen LogP contribution in [0.15, 0.2) is 54.6 Å². The van der Waals surface area contributed by atoms with E-state index in [9.17, 15) is 5.26 Å². The molecule has 2 aromatic carbocycles. The Bertz CT molecular complexity index is 927. The Morgan fingerprint density at radius 3 is 2.44 bits per heavy atom. The van der Waals surface area contributed by atoms with Crippen LogP contribution < -0.4 is 15.2 Å². The summed E-state index contributed by atoms with van der Waals surface area (Å²) in [5.74, 6) is 1.51. The van der Waals surface area contributed by atoms with Crippen LogP contribution in [0.2, 0.25) is 5.02 Å². The van der Waals surface area contributed by atoms with Crippen molar-refractivity contribution in [3.05, 3.63) is 70.9 Å². The molecule has 0 aliphatic heterocycles. The molecule has 5 nitrogen and oxygen atoms in total. The van der Waals surface area contributed by atoms with Crippen molar-refractivity contribution < 1.29 is 9.47 Å². The molecular weight excluding hydrogens is 338 g/mol. The van der Waals surface area contributed by atoms with E-state index in [1.165, 1.54) is 0 Å². The highest BCUT2D eigenvalue weighted by Gasteiger charge is 2.17. The van der Waals surface area contributed by atoms with Crippen molar-refractivity contribution in [3.8, 4) is 23.4 Å². The van der Waals surface area contributed by atoms with Gasteiger partial charge in [0.15, 0.2) is 11.5 Å². The molecule has 0 aliphatic rings. The van der Waals surface area contributed by atoms with E-state index < -0.39 is 0 Å². The smallest absolute Gasteiger partial charge is 0.224 e. The summed E-state index contributed by atoms with van der Waals surface area (Å²) in [4.78, 5) is 0. The van der Waals surface area contributed by atoms with Gasteiger partial charge in [-0.3, -0.25) is 4.57 Å². The fourth-order valence-corrected chi connectivity index (χ4v) is 2.62. The quantitative estimate of drug-likeness (QED) is 0.735. The molecule has 0 bridgehead atoms. The van der Waals surface area contributed by atoms with Crippen LogP contribution in [0.4, 0.5) is 5.69 Å². The van der Waals surface area contributed by atoms with Crippen molar-refractivity contribution in [1.82, 2.24) is 4.57 Å². The van der Waals surface area contributed by atoms with Gasteiger partial charge in [0.1, 0.15) is 11.8 Å². The van der Waals surface area contributed by atoms with Crippen molar-refractivity contribution in [3.63, 3.8) is 0 Å². The number of nitrogens with two attached hydrogens (primary N) is 1. The third-order valence-electron chi connectivity index (χ3n) is 3.72. The van der Waals surface area contributed by atoms with Crippen LogP contribution in [0.1, 0.15) is 11.3 Å². The summed E-state index contributed by atoms with van der Waals surface area (Å²) in [6.07, 6.45) is 0. The number of rotatable bonds is 5. The molecule has 25 heavy (non-hydrogen) atoms. The SMILES string of the molecule is COc1ccccc1Oc1c(N)cc(C#N)n1Cc1ccc(Cl)cc1. The number of para-hydroxylation sites is 2. The summed E-state index contributed by atoms with van der Waals surface area (Å²) in [6.45, 7) is 0.432. The van der Waals surface area contributed by atoms with Gasteiger partial charge in [0.2, 0.25) is 5.88 Å². The topological polar surface area (TPSA) is 73.2 Å². The van der Waals surface area contributed by atoms with Crippen molar-refractivity contribution in [1.29, 1.82) is 5.26 Å². The largest absolute Gasteiger partial charge is 0.493 e. The number of aromatic nitrogens is 1. The Labute approximate surface area is 150 Å². The zero-order valence-electron chi connectivity index (χ0n) is 13.6. The molecule has 3 rings (SSSR count). The number of methoxy groups -OCH3 is 1. The van der Waals surface area contributed by atoms with Gasteiger partial charge in [-0.25, -0.2) is 0 Å². The first kappa shape index (κ1) is 16.7. The van der Waals surface area contributed by atoms with E-state index in [0.29, 0.717) is 40.3 Å². The average molecular weight is 354 g/mol. The number of nitrogens with zero attached hydrogens (tertiary/aromatic N) is 2. The molecule has 0 unspecified atom stereocenters. The van der Waals surface area contributed by atoms with Gasteiger partial charge in [-0.1, -0.05) is 35.9 Å². The van der Waals surface area contributed by atoms with Crippen LogP contribution >= 0.6 is 11.6 Å². The lowest BCUT2D eigenvalue weighted by molar-refractivity contribution is 0.368. The highest BCUT2D eigenvalue weighted by Crippen LogP contribution is 2.36. The molecule has 0 saturated heterocycles. The maximum absolute atomic E-state index is 9.42. The minimum atomic E-state index is 0.386. The van der Waals surface area contributed by atoms with Gasteiger partial charge in [0, 0.05) is 11.1 Å². The monoisotopic (exact) mass is 353 g/mol. The highest BCUT2D eigenvalue weighted by molar-refractivity contribution is 6.30. The second kappa shape index (κ2) is 7.20. The zero-order valence-corrected chi connectivity index (χ0v) is 14.3. The molecule has 1 heterocycles. The van der Waals surface area contributed by atoms with Gasteiger partial charge in [-0.2, -0.15) is 5.26 Å². The van der Waals surface area contributed by atoms with Crippen LogP contribution in [-0.2, 0) is 6.54 Å². The fraction of sp³-hybridized carbons (Fsp3) is 0.105. The van der Waals surface area contributed by atoms with Crippen molar-refractivity contribution in [2.75, 3.05) is 12.8 Å². The Balaban J connectivity index is 2.00. The summed E-state index contributed by atoms with van der Waals surface area (Å²) < 4.78 is 13.0. The van der Waals surface area contributed by atoms with E-state index in [4.69, 9.17) is 26.8 Å². The molecule has 126 valence electrons. The van der Waals surface area contributed by atoms with Crippen LogP contribution in [0.3, 0.4) is 0 Å². The lowest BCUT2D eigenvalue weighted by Gasteiger charge is -2.14. The average Bonchev–Trinajstić information content (AvgIpc) is 2.92. The molecule has 0 radical (unpaired) electrons. The molecular formula is C19H16ClN3O2. The minimum absolute atomic E-state index is 0.386. The molecule has 6 heteroatoms. The number of hydrogen-bond acceptors (Lipinski definition) is 4. The normalized spacial score (nSPS) is 10.3. The van der Waals surface area contributed by atoms with Crippen LogP contribution in [0.5, 0.6) is 17.4 Å². The van der Waals surface area contributed by atoms with Crippen molar-refractivity contribution >= 4 is 17.3 Å². The van der Waals surface area contributed by atoms with Crippen molar-refractivity contribution in [2.45, 2.75) is 6.54 Å². The number of halogens is 1. The maximum Gasteiger partial charge on any atom is 0.224 e. The third-order valence-corrected chi connectivity index (χ3v) is 3.97. The molecule has 2 N–H and O–H groups in total. The molecule has 0 amide bonds. The third kappa shape index (κ3) is 3.54. The molecule has 3 aromatic rings. The lowest BCUT2D eigenvalue weighted by Crippen LogP contribution is -2.05. The summed E-state index contributed by atoms with van der Waals surface area (Å²) in [5, 5.41) is 10.1. The standard InChI is InChI=1S/C19H16ClN3O2/c1-24-17-4-2-3-5-18(17)25-19-16(22)10-15(11-21)23(19)12-13-6-8-14(20)9-7-13/h2-10H,12,22H2,1H3. The van der Waals surface area contributed by atoms with Crippen LogP contribution in [-0.4, -0.2) is 11.7 Å². The Kier molecular flexibility index (Phi) is 4.82. The number of nitriles is 1. The fourth-order valence-electron chi connectivity index (χ4n) is 2.50. The number of ether oxygens (including phenoxy) is 2.